The van der Waals surface area contributed by atoms with E-state index >= 15 is 0 Å². The van der Waals surface area contributed by atoms with Crippen LogP contribution in [0.4, 0.5) is 4.39 Å². The number of benzene rings is 1. The number of aromatic amines is 2. The number of hydrogen-bond acceptors (Lipinski definition) is 2. The predicted molar refractivity (Wildman–Crippen MR) is 120 cm³/mol. The third-order valence-electron chi connectivity index (χ3n) is 5.73. The van der Waals surface area contributed by atoms with Gasteiger partial charge in [0.25, 0.3) is 0 Å². The van der Waals surface area contributed by atoms with Gasteiger partial charge < -0.3 is 15.1 Å². The van der Waals surface area contributed by atoms with Gasteiger partial charge in [-0.05, 0) is 29.7 Å². The number of halogens is 2. The zero-order valence-electron chi connectivity index (χ0n) is 16.9. The van der Waals surface area contributed by atoms with Gasteiger partial charge in [0.2, 0.25) is 0 Å². The number of aromatic carboxylic acids is 1. The predicted octanol–water partition coefficient (Wildman–Crippen LogP) is 6.41. The molecule has 3 aromatic heterocycles. The number of H-pyrrole nitrogens is 2. The van der Waals surface area contributed by atoms with Gasteiger partial charge in [0.15, 0.2) is 0 Å². The van der Waals surface area contributed by atoms with Crippen LogP contribution < -0.4 is 0 Å². The number of pyridine rings is 1. The van der Waals surface area contributed by atoms with Gasteiger partial charge in [-0.25, -0.2) is 9.18 Å². The lowest BCUT2D eigenvalue weighted by Gasteiger charge is -2.16. The highest BCUT2D eigenvalue weighted by Crippen LogP contribution is 2.46. The lowest BCUT2D eigenvalue weighted by molar-refractivity contribution is 0.0692. The second-order valence-corrected chi connectivity index (χ2v) is 8.37. The van der Waals surface area contributed by atoms with Gasteiger partial charge >= 0.3 is 5.97 Å². The van der Waals surface area contributed by atoms with Crippen molar-refractivity contribution in [3.05, 3.63) is 70.0 Å². The van der Waals surface area contributed by atoms with Crippen molar-refractivity contribution < 1.29 is 14.3 Å². The van der Waals surface area contributed by atoms with E-state index in [4.69, 9.17) is 11.6 Å². The van der Waals surface area contributed by atoms with Gasteiger partial charge in [-0.3, -0.25) is 4.98 Å². The molecule has 0 bridgehead atoms. The van der Waals surface area contributed by atoms with E-state index in [1.807, 2.05) is 32.1 Å². The van der Waals surface area contributed by atoms with E-state index in [1.54, 1.807) is 12.4 Å². The van der Waals surface area contributed by atoms with Crippen LogP contribution in [0.2, 0.25) is 5.02 Å². The third-order valence-corrected chi connectivity index (χ3v) is 6.02. The van der Waals surface area contributed by atoms with Crippen molar-refractivity contribution >= 4 is 34.5 Å². The van der Waals surface area contributed by atoms with Crippen LogP contribution in [0.3, 0.4) is 0 Å². The fourth-order valence-corrected chi connectivity index (χ4v) is 4.73. The first kappa shape index (κ1) is 19.6. The van der Waals surface area contributed by atoms with Crippen molar-refractivity contribution in [2.45, 2.75) is 26.2 Å². The Labute approximate surface area is 182 Å². The molecular weight excluding hydrogens is 417 g/mol. The number of rotatable bonds is 4. The first-order chi connectivity index (χ1) is 14.9. The third kappa shape index (κ3) is 2.98. The molecule has 0 aliphatic heterocycles. The molecule has 1 aromatic carbocycles. The van der Waals surface area contributed by atoms with Crippen molar-refractivity contribution in [2.24, 2.45) is 0 Å². The maximum absolute atomic E-state index is 14.4. The van der Waals surface area contributed by atoms with Gasteiger partial charge in [0, 0.05) is 52.0 Å². The molecule has 0 fully saturated rings. The molecule has 4 aromatic rings. The maximum Gasteiger partial charge on any atom is 0.352 e. The highest BCUT2D eigenvalue weighted by Gasteiger charge is 2.30. The molecule has 0 radical (unpaired) electrons. The molecule has 7 heteroatoms. The minimum Gasteiger partial charge on any atom is -0.477 e. The molecule has 5 nitrogen and oxygen atoms in total. The summed E-state index contributed by atoms with van der Waals surface area (Å²) in [5.74, 6) is -1.57. The van der Waals surface area contributed by atoms with E-state index in [0.29, 0.717) is 39.3 Å². The van der Waals surface area contributed by atoms with E-state index in [0.717, 1.165) is 22.2 Å². The molecule has 3 N–H and O–H groups in total. The van der Waals surface area contributed by atoms with Crippen LogP contribution in [0.1, 0.15) is 47.1 Å². The molecule has 0 saturated heterocycles. The highest BCUT2D eigenvalue weighted by atomic mass is 35.5. The number of carboxylic acid groups (broad SMARTS) is 1. The summed E-state index contributed by atoms with van der Waals surface area (Å²) in [6, 6.07) is 4.71. The standard InChI is InChI=1S/C24H19ClFN3O2/c1-11(2)19-21(20-14-4-3-5-17(14)28-10-16(20)25)23(24(30)31)29-22(19)15-8-12(26)9-18-13(15)6-7-27-18/h3-4,6-11,27,29H,5H2,1-2H3,(H,30,31). The number of nitrogens with zero attached hydrogens (tertiary/aromatic N) is 1. The molecule has 1 aliphatic rings. The second-order valence-electron chi connectivity index (χ2n) is 7.96. The van der Waals surface area contributed by atoms with Crippen LogP contribution in [-0.2, 0) is 6.42 Å². The first-order valence-electron chi connectivity index (χ1n) is 9.97. The van der Waals surface area contributed by atoms with E-state index in [9.17, 15) is 14.3 Å². The molecule has 1 aliphatic carbocycles. The molecule has 0 spiro atoms. The summed E-state index contributed by atoms with van der Waals surface area (Å²) in [5.41, 5.74) is 5.49. The Bertz CT molecular complexity index is 1400. The molecule has 0 amide bonds. The van der Waals surface area contributed by atoms with Gasteiger partial charge in [-0.2, -0.15) is 0 Å². The largest absolute Gasteiger partial charge is 0.477 e. The van der Waals surface area contributed by atoms with Crippen LogP contribution in [0.5, 0.6) is 0 Å². The van der Waals surface area contributed by atoms with Crippen LogP contribution >= 0.6 is 11.6 Å². The minimum atomic E-state index is -1.10. The van der Waals surface area contributed by atoms with E-state index in [-0.39, 0.29) is 11.6 Å². The van der Waals surface area contributed by atoms with E-state index < -0.39 is 11.8 Å². The van der Waals surface area contributed by atoms with Gasteiger partial charge in [-0.1, -0.05) is 37.6 Å². The quantitative estimate of drug-likeness (QED) is 0.346. The molecular formula is C24H19ClFN3O2. The Morgan fingerprint density at radius 1 is 1.29 bits per heavy atom. The topological polar surface area (TPSA) is 81.8 Å². The summed E-state index contributed by atoms with van der Waals surface area (Å²) >= 11 is 6.59. The normalized spacial score (nSPS) is 12.8. The summed E-state index contributed by atoms with van der Waals surface area (Å²) in [4.78, 5) is 22.8. The zero-order valence-corrected chi connectivity index (χ0v) is 17.6. The number of aromatic nitrogens is 3. The molecule has 0 unspecified atom stereocenters. The monoisotopic (exact) mass is 435 g/mol. The number of allylic oxidation sites excluding steroid dienone is 1. The molecule has 31 heavy (non-hydrogen) atoms. The number of carbonyl (C=O) groups is 1. The summed E-state index contributed by atoms with van der Waals surface area (Å²) in [7, 11) is 0. The number of carboxylic acids is 1. The minimum absolute atomic E-state index is 0.0299. The van der Waals surface area contributed by atoms with Crippen molar-refractivity contribution in [3.8, 4) is 22.4 Å². The first-order valence-corrected chi connectivity index (χ1v) is 10.3. The van der Waals surface area contributed by atoms with Crippen LogP contribution in [0, 0.1) is 5.82 Å². The number of fused-ring (bicyclic) bond motifs is 2. The Kier molecular flexibility index (Phi) is 4.48. The average Bonchev–Trinajstić information content (AvgIpc) is 3.44. The lowest BCUT2D eigenvalue weighted by atomic mass is 9.88. The van der Waals surface area contributed by atoms with Crippen molar-refractivity contribution in [1.29, 1.82) is 0 Å². The fraction of sp³-hybridized carbons (Fsp3) is 0.167. The molecule has 5 rings (SSSR count). The summed E-state index contributed by atoms with van der Waals surface area (Å²) in [6.45, 7) is 3.97. The summed E-state index contributed by atoms with van der Waals surface area (Å²) in [6.07, 6.45) is 7.89. The van der Waals surface area contributed by atoms with Crippen LogP contribution in [-0.4, -0.2) is 26.0 Å². The van der Waals surface area contributed by atoms with Crippen molar-refractivity contribution in [2.75, 3.05) is 0 Å². The van der Waals surface area contributed by atoms with Gasteiger partial charge in [-0.15, -0.1) is 0 Å². The molecule has 0 atom stereocenters. The SMILES string of the molecule is CC(C)c1c(-c2cc(F)cc3[nH]ccc23)[nH]c(C(=O)O)c1-c1c(Cl)cnc2c1C=CC2. The Morgan fingerprint density at radius 3 is 2.84 bits per heavy atom. The van der Waals surface area contributed by atoms with Gasteiger partial charge in [0.1, 0.15) is 11.5 Å². The highest BCUT2D eigenvalue weighted by molar-refractivity contribution is 6.34. The Hall–Kier alpha value is -3.38. The summed E-state index contributed by atoms with van der Waals surface area (Å²) < 4.78 is 14.4. The zero-order chi connectivity index (χ0) is 21.9. The number of hydrogen-bond donors (Lipinski definition) is 3. The Morgan fingerprint density at radius 2 is 2.10 bits per heavy atom. The lowest BCUT2D eigenvalue weighted by Crippen LogP contribution is -2.03. The second kappa shape index (κ2) is 7.10. The van der Waals surface area contributed by atoms with Crippen LogP contribution in [0.15, 0.2) is 36.7 Å². The molecule has 0 saturated carbocycles. The average molecular weight is 436 g/mol. The number of nitrogens with one attached hydrogen (secondary N) is 2. The van der Waals surface area contributed by atoms with Crippen molar-refractivity contribution in [3.63, 3.8) is 0 Å². The maximum atomic E-state index is 14.4. The Balaban J connectivity index is 1.91. The van der Waals surface area contributed by atoms with Crippen molar-refractivity contribution in [1.82, 2.24) is 15.0 Å². The van der Waals surface area contributed by atoms with E-state index in [1.165, 1.54) is 12.1 Å². The molecule has 3 heterocycles. The fourth-order valence-electron chi connectivity index (χ4n) is 4.49. The smallest absolute Gasteiger partial charge is 0.352 e. The summed E-state index contributed by atoms with van der Waals surface area (Å²) in [5, 5.41) is 11.3. The van der Waals surface area contributed by atoms with E-state index in [2.05, 4.69) is 15.0 Å². The van der Waals surface area contributed by atoms with Gasteiger partial charge in [0.05, 0.1) is 16.4 Å². The van der Waals surface area contributed by atoms with Crippen LogP contribution in [0.25, 0.3) is 39.4 Å². The molecule has 156 valence electrons.